The number of carbonyl (C=O) groups excluding carboxylic acids is 2. The topological polar surface area (TPSA) is 86.0 Å². The molecule has 0 fully saturated rings. The van der Waals surface area contributed by atoms with Gasteiger partial charge >= 0.3 is 6.03 Å². The number of H-pyrrole nitrogens is 1. The maximum Gasteiger partial charge on any atom is 0.315 e. The number of fused-ring (bicyclic) bond motifs is 1. The molecule has 4 N–H and O–H groups in total. The predicted molar refractivity (Wildman–Crippen MR) is 102 cm³/mol. The molecule has 27 heavy (non-hydrogen) atoms. The molecule has 0 spiro atoms. The molecule has 0 radical (unpaired) electrons. The van der Waals surface area contributed by atoms with Crippen molar-refractivity contribution >= 4 is 22.8 Å². The monoisotopic (exact) mass is 368 g/mol. The maximum atomic E-state index is 12.8. The number of aromatic amines is 1. The van der Waals surface area contributed by atoms with E-state index in [-0.39, 0.29) is 24.8 Å². The van der Waals surface area contributed by atoms with Crippen molar-refractivity contribution in [2.75, 3.05) is 13.1 Å². The van der Waals surface area contributed by atoms with Crippen molar-refractivity contribution in [2.24, 2.45) is 0 Å². The van der Waals surface area contributed by atoms with Gasteiger partial charge in [0, 0.05) is 30.2 Å². The summed E-state index contributed by atoms with van der Waals surface area (Å²) in [7, 11) is 0. The molecule has 3 aromatic rings. The Kier molecular flexibility index (Phi) is 6.04. The number of rotatable bonds is 7. The van der Waals surface area contributed by atoms with Gasteiger partial charge in [0.15, 0.2) is 0 Å². The molecule has 0 saturated carbocycles. The van der Waals surface area contributed by atoms with Crippen LogP contribution in [0.2, 0.25) is 0 Å². The number of aromatic nitrogens is 1. The summed E-state index contributed by atoms with van der Waals surface area (Å²) in [6.45, 7) is 0.636. The van der Waals surface area contributed by atoms with Gasteiger partial charge in [0.25, 0.3) is 0 Å². The summed E-state index contributed by atoms with van der Waals surface area (Å²) in [5.74, 6) is -0.584. The number of para-hydroxylation sites is 1. The van der Waals surface area contributed by atoms with Crippen molar-refractivity contribution < 1.29 is 14.0 Å². The van der Waals surface area contributed by atoms with Gasteiger partial charge in [-0.05, 0) is 35.7 Å². The molecule has 0 unspecified atom stereocenters. The number of hydrogen-bond acceptors (Lipinski definition) is 2. The minimum atomic E-state index is -0.453. The van der Waals surface area contributed by atoms with Gasteiger partial charge in [0.2, 0.25) is 5.91 Å². The molecule has 7 heteroatoms. The summed E-state index contributed by atoms with van der Waals surface area (Å²) < 4.78 is 12.8. The lowest BCUT2D eigenvalue weighted by Gasteiger charge is -2.08. The van der Waals surface area contributed by atoms with E-state index < -0.39 is 6.03 Å². The Balaban J connectivity index is 1.34. The first kappa shape index (κ1) is 18.4. The zero-order valence-corrected chi connectivity index (χ0v) is 14.7. The zero-order chi connectivity index (χ0) is 19.1. The Morgan fingerprint density at radius 2 is 1.74 bits per heavy atom. The molecule has 0 aliphatic heterocycles. The van der Waals surface area contributed by atoms with E-state index in [1.807, 2.05) is 30.5 Å². The third kappa shape index (κ3) is 5.31. The minimum Gasteiger partial charge on any atom is -0.361 e. The molecule has 6 nitrogen and oxygen atoms in total. The molecular weight excluding hydrogens is 347 g/mol. The molecule has 0 aliphatic carbocycles. The SMILES string of the molecule is O=C(CNC(=O)NCc1ccc(F)cc1)NCCc1c[nH]c2ccccc12. The number of halogens is 1. The summed E-state index contributed by atoms with van der Waals surface area (Å²) in [5, 5.41) is 9.04. The highest BCUT2D eigenvalue weighted by Gasteiger charge is 2.06. The van der Waals surface area contributed by atoms with Gasteiger partial charge in [-0.3, -0.25) is 4.79 Å². The quantitative estimate of drug-likeness (QED) is 0.516. The molecular formula is C20H21FN4O2. The number of nitrogens with one attached hydrogen (secondary N) is 4. The Morgan fingerprint density at radius 3 is 2.56 bits per heavy atom. The van der Waals surface area contributed by atoms with Gasteiger partial charge in [-0.15, -0.1) is 0 Å². The van der Waals surface area contributed by atoms with Crippen LogP contribution < -0.4 is 16.0 Å². The summed E-state index contributed by atoms with van der Waals surface area (Å²) >= 11 is 0. The fraction of sp³-hybridized carbons (Fsp3) is 0.200. The molecule has 140 valence electrons. The first-order valence-electron chi connectivity index (χ1n) is 8.69. The molecule has 3 rings (SSSR count). The summed E-state index contributed by atoms with van der Waals surface area (Å²) in [6, 6.07) is 13.4. The maximum absolute atomic E-state index is 12.8. The highest BCUT2D eigenvalue weighted by atomic mass is 19.1. The molecule has 0 saturated heterocycles. The van der Waals surface area contributed by atoms with E-state index in [0.717, 1.165) is 22.0 Å². The average Bonchev–Trinajstić information content (AvgIpc) is 3.09. The molecule has 0 atom stereocenters. The lowest BCUT2D eigenvalue weighted by Crippen LogP contribution is -2.42. The van der Waals surface area contributed by atoms with Gasteiger partial charge in [0.05, 0.1) is 6.54 Å². The molecule has 3 amide bonds. The summed E-state index contributed by atoms with van der Waals surface area (Å²) in [5.41, 5.74) is 2.98. The van der Waals surface area contributed by atoms with Gasteiger partial charge in [-0.1, -0.05) is 30.3 Å². The van der Waals surface area contributed by atoms with Crippen LogP contribution in [0.1, 0.15) is 11.1 Å². The number of carbonyl (C=O) groups is 2. The third-order valence-corrected chi connectivity index (χ3v) is 4.17. The second-order valence-electron chi connectivity index (χ2n) is 6.12. The molecule has 2 aromatic carbocycles. The van der Waals surface area contributed by atoms with Crippen molar-refractivity contribution in [3.63, 3.8) is 0 Å². The molecule has 1 heterocycles. The number of amides is 3. The average molecular weight is 368 g/mol. The highest BCUT2D eigenvalue weighted by Crippen LogP contribution is 2.17. The van der Waals surface area contributed by atoms with E-state index in [1.165, 1.54) is 12.1 Å². The molecule has 1 aromatic heterocycles. The Hall–Kier alpha value is -3.35. The van der Waals surface area contributed by atoms with E-state index in [0.29, 0.717) is 13.0 Å². The first-order valence-corrected chi connectivity index (χ1v) is 8.69. The van der Waals surface area contributed by atoms with Crippen molar-refractivity contribution in [1.29, 1.82) is 0 Å². The fourth-order valence-electron chi connectivity index (χ4n) is 2.75. The van der Waals surface area contributed by atoms with Crippen LogP contribution in [-0.2, 0) is 17.8 Å². The lowest BCUT2D eigenvalue weighted by atomic mass is 10.1. The van der Waals surface area contributed by atoms with Crippen molar-refractivity contribution in [1.82, 2.24) is 20.9 Å². The van der Waals surface area contributed by atoms with Gasteiger partial charge < -0.3 is 20.9 Å². The van der Waals surface area contributed by atoms with Gasteiger partial charge in [0.1, 0.15) is 5.82 Å². The van der Waals surface area contributed by atoms with Gasteiger partial charge in [-0.2, -0.15) is 0 Å². The highest BCUT2D eigenvalue weighted by molar-refractivity contribution is 5.84. The third-order valence-electron chi connectivity index (χ3n) is 4.17. The first-order chi connectivity index (χ1) is 13.1. The Morgan fingerprint density at radius 1 is 0.963 bits per heavy atom. The number of urea groups is 1. The normalized spacial score (nSPS) is 10.6. The summed E-state index contributed by atoms with van der Waals surface area (Å²) in [6.07, 6.45) is 2.64. The number of benzene rings is 2. The van der Waals surface area contributed by atoms with Crippen LogP contribution >= 0.6 is 0 Å². The van der Waals surface area contributed by atoms with E-state index >= 15 is 0 Å². The van der Waals surface area contributed by atoms with Gasteiger partial charge in [-0.25, -0.2) is 9.18 Å². The van der Waals surface area contributed by atoms with Crippen LogP contribution in [0, 0.1) is 5.82 Å². The fourth-order valence-corrected chi connectivity index (χ4v) is 2.75. The summed E-state index contributed by atoms with van der Waals surface area (Å²) in [4.78, 5) is 26.8. The minimum absolute atomic E-state index is 0.108. The lowest BCUT2D eigenvalue weighted by molar-refractivity contribution is -0.120. The molecule has 0 aliphatic rings. The predicted octanol–water partition coefficient (Wildman–Crippen LogP) is 2.47. The second-order valence-corrected chi connectivity index (χ2v) is 6.12. The largest absolute Gasteiger partial charge is 0.361 e. The van der Waals surface area contributed by atoms with Crippen molar-refractivity contribution in [2.45, 2.75) is 13.0 Å². The van der Waals surface area contributed by atoms with Crippen molar-refractivity contribution in [3.05, 3.63) is 71.7 Å². The standard InChI is InChI=1S/C20H21FN4O2/c21-16-7-5-14(6-8-16)11-24-20(27)25-13-19(26)22-10-9-15-12-23-18-4-2-1-3-17(15)18/h1-8,12,23H,9-11,13H2,(H,22,26)(H2,24,25,27). The van der Waals surface area contributed by atoms with Crippen molar-refractivity contribution in [3.8, 4) is 0 Å². The Labute approximate surface area is 156 Å². The molecule has 0 bridgehead atoms. The zero-order valence-electron chi connectivity index (χ0n) is 14.7. The smallest absolute Gasteiger partial charge is 0.315 e. The van der Waals surface area contributed by atoms with Crippen LogP contribution in [0.25, 0.3) is 10.9 Å². The number of hydrogen-bond donors (Lipinski definition) is 4. The van der Waals surface area contributed by atoms with E-state index in [9.17, 15) is 14.0 Å². The van der Waals surface area contributed by atoms with Crippen LogP contribution in [0.4, 0.5) is 9.18 Å². The van der Waals surface area contributed by atoms with E-state index in [4.69, 9.17) is 0 Å². The van der Waals surface area contributed by atoms with Crippen LogP contribution in [-0.4, -0.2) is 30.0 Å². The van der Waals surface area contributed by atoms with Crippen LogP contribution in [0.15, 0.2) is 54.7 Å². The van der Waals surface area contributed by atoms with Crippen LogP contribution in [0.3, 0.4) is 0 Å². The Bertz CT molecular complexity index is 921. The van der Waals surface area contributed by atoms with Crippen LogP contribution in [0.5, 0.6) is 0 Å². The van der Waals surface area contributed by atoms with E-state index in [2.05, 4.69) is 20.9 Å². The second kappa shape index (κ2) is 8.84. The van der Waals surface area contributed by atoms with E-state index in [1.54, 1.807) is 12.1 Å².